The van der Waals surface area contributed by atoms with Gasteiger partial charge >= 0.3 is 0 Å². The smallest absolute Gasteiger partial charge is 0.0468 e. The molecule has 0 radical (unpaired) electrons. The number of halogens is 2. The van der Waals surface area contributed by atoms with Crippen LogP contribution in [-0.4, -0.2) is 25.0 Å². The van der Waals surface area contributed by atoms with Crippen molar-refractivity contribution in [3.8, 4) is 0 Å². The number of ether oxygens (including phenoxy) is 1. The largest absolute Gasteiger partial charge is 0.381 e. The summed E-state index contributed by atoms with van der Waals surface area (Å²) >= 11 is 12.2. The number of hydrogen-bond acceptors (Lipinski definition) is 1. The van der Waals surface area contributed by atoms with Gasteiger partial charge in [0.15, 0.2) is 0 Å². The van der Waals surface area contributed by atoms with E-state index in [1.54, 1.807) is 0 Å². The number of alkyl halides is 2. The second-order valence-electron chi connectivity index (χ2n) is 5.04. The normalized spacial score (nSPS) is 19.8. The van der Waals surface area contributed by atoms with Crippen molar-refractivity contribution in [1.29, 1.82) is 0 Å². The lowest BCUT2D eigenvalue weighted by Crippen LogP contribution is -2.35. The van der Waals surface area contributed by atoms with Crippen LogP contribution < -0.4 is 0 Å². The first-order valence-electron chi connectivity index (χ1n) is 5.84. The molecular formula is C12H22Cl2O. The molecule has 0 spiro atoms. The Bertz CT molecular complexity index is 172. The minimum absolute atomic E-state index is 0.116. The Hall–Kier alpha value is 0.540. The summed E-state index contributed by atoms with van der Waals surface area (Å²) in [7, 11) is 0. The maximum Gasteiger partial charge on any atom is 0.0468 e. The Kier molecular flexibility index (Phi) is 5.73. The minimum Gasteiger partial charge on any atom is -0.381 e. The molecule has 0 saturated carbocycles. The van der Waals surface area contributed by atoms with Crippen LogP contribution in [0.3, 0.4) is 0 Å². The number of hydrogen-bond donors (Lipinski definition) is 0. The van der Waals surface area contributed by atoms with Crippen molar-refractivity contribution >= 4 is 23.2 Å². The molecule has 1 heterocycles. The van der Waals surface area contributed by atoms with Crippen LogP contribution in [0.2, 0.25) is 0 Å². The minimum atomic E-state index is 0.116. The fourth-order valence-corrected chi connectivity index (χ4v) is 3.34. The molecule has 0 aromatic rings. The van der Waals surface area contributed by atoms with Gasteiger partial charge in [-0.05, 0) is 36.5 Å². The first-order valence-corrected chi connectivity index (χ1v) is 6.91. The molecule has 0 atom stereocenters. The van der Waals surface area contributed by atoms with Crippen LogP contribution in [-0.2, 0) is 4.74 Å². The van der Waals surface area contributed by atoms with Crippen LogP contribution in [0.5, 0.6) is 0 Å². The van der Waals surface area contributed by atoms with Crippen molar-refractivity contribution < 1.29 is 4.74 Å². The highest BCUT2D eigenvalue weighted by Crippen LogP contribution is 2.39. The lowest BCUT2D eigenvalue weighted by Gasteiger charge is -2.38. The maximum atomic E-state index is 6.12. The SMILES string of the molecule is CC(C)C(CCl)(CCl)CC1CCOCC1. The molecule has 15 heavy (non-hydrogen) atoms. The standard InChI is InChI=1S/C12H22Cl2O/c1-10(2)12(8-13,9-14)7-11-3-5-15-6-4-11/h10-11H,3-9H2,1-2H3. The van der Waals surface area contributed by atoms with E-state index in [1.807, 2.05) is 0 Å². The molecule has 90 valence electrons. The second-order valence-corrected chi connectivity index (χ2v) is 5.58. The van der Waals surface area contributed by atoms with E-state index in [4.69, 9.17) is 27.9 Å². The average molecular weight is 253 g/mol. The van der Waals surface area contributed by atoms with Gasteiger partial charge in [-0.25, -0.2) is 0 Å². The van der Waals surface area contributed by atoms with Crippen molar-refractivity contribution in [3.05, 3.63) is 0 Å². The Labute approximate surface area is 103 Å². The van der Waals surface area contributed by atoms with Gasteiger partial charge in [-0.3, -0.25) is 0 Å². The lowest BCUT2D eigenvalue weighted by molar-refractivity contribution is 0.0456. The van der Waals surface area contributed by atoms with Crippen LogP contribution in [0.15, 0.2) is 0 Å². The predicted octanol–water partition coefficient (Wildman–Crippen LogP) is 3.92. The fraction of sp³-hybridized carbons (Fsp3) is 1.00. The molecule has 1 fully saturated rings. The third kappa shape index (κ3) is 3.51. The van der Waals surface area contributed by atoms with Crippen LogP contribution >= 0.6 is 23.2 Å². The van der Waals surface area contributed by atoms with E-state index < -0.39 is 0 Å². The van der Waals surface area contributed by atoms with Crippen LogP contribution in [0, 0.1) is 17.3 Å². The first kappa shape index (κ1) is 13.6. The molecule has 1 nitrogen and oxygen atoms in total. The monoisotopic (exact) mass is 252 g/mol. The molecule has 1 aliphatic heterocycles. The summed E-state index contributed by atoms with van der Waals surface area (Å²) in [6.07, 6.45) is 3.49. The maximum absolute atomic E-state index is 6.12. The summed E-state index contributed by atoms with van der Waals surface area (Å²) < 4.78 is 5.38. The highest BCUT2D eigenvalue weighted by molar-refractivity contribution is 6.21. The van der Waals surface area contributed by atoms with Crippen LogP contribution in [0.1, 0.15) is 33.1 Å². The molecule has 0 aromatic heterocycles. The van der Waals surface area contributed by atoms with E-state index in [9.17, 15) is 0 Å². The zero-order chi connectivity index (χ0) is 11.3. The summed E-state index contributed by atoms with van der Waals surface area (Å²) in [5, 5.41) is 0. The molecule has 1 rings (SSSR count). The molecule has 0 N–H and O–H groups in total. The van der Waals surface area contributed by atoms with Gasteiger partial charge in [0.05, 0.1) is 0 Å². The van der Waals surface area contributed by atoms with E-state index in [0.717, 1.165) is 25.6 Å². The van der Waals surface area contributed by atoms with E-state index >= 15 is 0 Å². The van der Waals surface area contributed by atoms with Gasteiger partial charge in [-0.2, -0.15) is 0 Å². The van der Waals surface area contributed by atoms with E-state index in [0.29, 0.717) is 17.7 Å². The van der Waals surface area contributed by atoms with Gasteiger partial charge in [-0.1, -0.05) is 13.8 Å². The summed E-state index contributed by atoms with van der Waals surface area (Å²) in [5.41, 5.74) is 0.116. The van der Waals surface area contributed by atoms with Gasteiger partial charge in [-0.15, -0.1) is 23.2 Å². The first-order chi connectivity index (χ1) is 7.14. The van der Waals surface area contributed by atoms with Gasteiger partial charge in [0, 0.05) is 25.0 Å². The quantitative estimate of drug-likeness (QED) is 0.675. The van der Waals surface area contributed by atoms with Crippen molar-refractivity contribution in [2.75, 3.05) is 25.0 Å². The van der Waals surface area contributed by atoms with Crippen molar-refractivity contribution in [1.82, 2.24) is 0 Å². The zero-order valence-electron chi connectivity index (χ0n) is 9.77. The van der Waals surface area contributed by atoms with Crippen molar-refractivity contribution in [3.63, 3.8) is 0 Å². The van der Waals surface area contributed by atoms with Crippen molar-refractivity contribution in [2.45, 2.75) is 33.1 Å². The molecule has 1 saturated heterocycles. The molecule has 0 aliphatic carbocycles. The van der Waals surface area contributed by atoms with Crippen LogP contribution in [0.4, 0.5) is 0 Å². The summed E-state index contributed by atoms with van der Waals surface area (Å²) in [6, 6.07) is 0. The average Bonchev–Trinajstić information content (AvgIpc) is 2.27. The Morgan fingerprint density at radius 2 is 1.73 bits per heavy atom. The highest BCUT2D eigenvalue weighted by atomic mass is 35.5. The molecule has 0 aromatic carbocycles. The second kappa shape index (κ2) is 6.32. The Balaban J connectivity index is 2.56. The molecule has 0 unspecified atom stereocenters. The molecular weight excluding hydrogens is 231 g/mol. The van der Waals surface area contributed by atoms with Crippen molar-refractivity contribution in [2.24, 2.45) is 17.3 Å². The molecule has 1 aliphatic rings. The molecule has 0 bridgehead atoms. The van der Waals surface area contributed by atoms with Gasteiger partial charge in [0.25, 0.3) is 0 Å². The summed E-state index contributed by atoms with van der Waals surface area (Å²) in [6.45, 7) is 6.26. The van der Waals surface area contributed by atoms with Gasteiger partial charge < -0.3 is 4.74 Å². The number of rotatable bonds is 5. The van der Waals surface area contributed by atoms with Gasteiger partial charge in [0.1, 0.15) is 0 Å². The predicted molar refractivity (Wildman–Crippen MR) is 66.9 cm³/mol. The third-order valence-corrected chi connectivity index (χ3v) is 4.86. The fourth-order valence-electron chi connectivity index (χ4n) is 2.21. The van der Waals surface area contributed by atoms with Gasteiger partial charge in [0.2, 0.25) is 0 Å². The highest BCUT2D eigenvalue weighted by Gasteiger charge is 2.35. The summed E-state index contributed by atoms with van der Waals surface area (Å²) in [5.74, 6) is 2.64. The van der Waals surface area contributed by atoms with E-state index in [1.165, 1.54) is 12.8 Å². The molecule has 0 amide bonds. The van der Waals surface area contributed by atoms with E-state index in [-0.39, 0.29) is 5.41 Å². The third-order valence-electron chi connectivity index (χ3n) is 3.79. The Morgan fingerprint density at radius 3 is 2.13 bits per heavy atom. The van der Waals surface area contributed by atoms with E-state index in [2.05, 4.69) is 13.8 Å². The Morgan fingerprint density at radius 1 is 1.20 bits per heavy atom. The molecule has 3 heteroatoms. The topological polar surface area (TPSA) is 9.23 Å². The zero-order valence-corrected chi connectivity index (χ0v) is 11.3. The van der Waals surface area contributed by atoms with Crippen LogP contribution in [0.25, 0.3) is 0 Å². The lowest BCUT2D eigenvalue weighted by atomic mass is 9.72. The summed E-state index contributed by atoms with van der Waals surface area (Å²) in [4.78, 5) is 0.